The highest BCUT2D eigenvalue weighted by Gasteiger charge is 2.16. The van der Waals surface area contributed by atoms with Crippen LogP contribution in [0.5, 0.6) is 0 Å². The number of hydrogen-bond acceptors (Lipinski definition) is 2. The maximum atomic E-state index is 10.5. The normalized spacial score (nSPS) is 13.9. The van der Waals surface area contributed by atoms with Crippen LogP contribution in [0.3, 0.4) is 0 Å². The molecule has 4 heteroatoms. The molecule has 0 atom stereocenters. The van der Waals surface area contributed by atoms with Crippen LogP contribution in [0.2, 0.25) is 0 Å². The Morgan fingerprint density at radius 1 is 1.38 bits per heavy atom. The number of carboxylic acid groups (broad SMARTS) is 1. The number of nitrogens with zero attached hydrogens (tertiary/aromatic N) is 1. The minimum Gasteiger partial charge on any atom is -0.481 e. The third kappa shape index (κ3) is 2.89. The largest absolute Gasteiger partial charge is 0.481 e. The molecule has 0 bridgehead atoms. The zero-order valence-electron chi connectivity index (χ0n) is 9.06. The van der Waals surface area contributed by atoms with Crippen LogP contribution in [0.4, 0.5) is 5.69 Å². The zero-order chi connectivity index (χ0) is 10.7. The molecule has 16 heavy (non-hydrogen) atoms. The highest BCUT2D eigenvalue weighted by molar-refractivity contribution is 5.85. The van der Waals surface area contributed by atoms with Gasteiger partial charge in [0.2, 0.25) is 0 Å². The van der Waals surface area contributed by atoms with Crippen molar-refractivity contribution >= 4 is 24.1 Å². The number of rotatable bonds is 3. The minimum atomic E-state index is -0.724. The van der Waals surface area contributed by atoms with Gasteiger partial charge in [0, 0.05) is 18.8 Å². The lowest BCUT2D eigenvalue weighted by Crippen LogP contribution is -2.31. The van der Waals surface area contributed by atoms with Crippen molar-refractivity contribution in [1.82, 2.24) is 0 Å². The number of carbonyl (C=O) groups is 1. The first-order valence-corrected chi connectivity index (χ1v) is 5.32. The highest BCUT2D eigenvalue weighted by atomic mass is 35.5. The highest BCUT2D eigenvalue weighted by Crippen LogP contribution is 2.26. The van der Waals surface area contributed by atoms with Gasteiger partial charge in [-0.2, -0.15) is 0 Å². The van der Waals surface area contributed by atoms with Crippen LogP contribution >= 0.6 is 12.4 Å². The topological polar surface area (TPSA) is 40.5 Å². The van der Waals surface area contributed by atoms with Gasteiger partial charge in [-0.3, -0.25) is 4.79 Å². The van der Waals surface area contributed by atoms with E-state index in [4.69, 9.17) is 5.11 Å². The van der Waals surface area contributed by atoms with Crippen LogP contribution < -0.4 is 4.90 Å². The fourth-order valence-corrected chi connectivity index (χ4v) is 2.07. The van der Waals surface area contributed by atoms with E-state index in [0.29, 0.717) is 6.54 Å². The smallest absolute Gasteiger partial charge is 0.305 e. The first-order chi connectivity index (χ1) is 7.27. The van der Waals surface area contributed by atoms with Gasteiger partial charge in [-0.05, 0) is 24.5 Å². The quantitative estimate of drug-likeness (QED) is 0.883. The average Bonchev–Trinajstić information content (AvgIpc) is 2.26. The second-order valence-corrected chi connectivity index (χ2v) is 3.86. The molecular formula is C12H16ClNO2. The molecule has 1 aliphatic rings. The summed E-state index contributed by atoms with van der Waals surface area (Å²) in [7, 11) is 0. The molecule has 1 aromatic rings. The van der Waals surface area contributed by atoms with Crippen molar-refractivity contribution in [1.29, 1.82) is 0 Å². The molecule has 0 amide bonds. The van der Waals surface area contributed by atoms with Crippen LogP contribution in [0.15, 0.2) is 24.3 Å². The number of anilines is 1. The van der Waals surface area contributed by atoms with Crippen molar-refractivity contribution in [3.63, 3.8) is 0 Å². The summed E-state index contributed by atoms with van der Waals surface area (Å²) in [6, 6.07) is 8.26. The third-order valence-electron chi connectivity index (χ3n) is 2.80. The maximum Gasteiger partial charge on any atom is 0.305 e. The summed E-state index contributed by atoms with van der Waals surface area (Å²) < 4.78 is 0. The molecule has 2 rings (SSSR count). The molecule has 0 saturated carbocycles. The first-order valence-electron chi connectivity index (χ1n) is 5.32. The molecule has 1 aromatic carbocycles. The Hall–Kier alpha value is -1.22. The first kappa shape index (κ1) is 12.8. The van der Waals surface area contributed by atoms with E-state index in [2.05, 4.69) is 17.0 Å². The molecular weight excluding hydrogens is 226 g/mol. The van der Waals surface area contributed by atoms with Gasteiger partial charge in [-0.15, -0.1) is 12.4 Å². The third-order valence-corrected chi connectivity index (χ3v) is 2.80. The standard InChI is InChI=1S/C12H15NO2.ClH/c14-12(15)7-9-13-8-3-5-10-4-1-2-6-11(10)13;/h1-2,4,6H,3,5,7-9H2,(H,14,15);1H. The molecule has 88 valence electrons. The van der Waals surface area contributed by atoms with Gasteiger partial charge in [0.05, 0.1) is 6.42 Å². The second-order valence-electron chi connectivity index (χ2n) is 3.86. The summed E-state index contributed by atoms with van der Waals surface area (Å²) in [6.07, 6.45) is 2.45. The van der Waals surface area contributed by atoms with Gasteiger partial charge in [0.25, 0.3) is 0 Å². The summed E-state index contributed by atoms with van der Waals surface area (Å²) in [5, 5.41) is 8.67. The van der Waals surface area contributed by atoms with E-state index in [1.165, 1.54) is 11.3 Å². The Labute approximate surface area is 101 Å². The lowest BCUT2D eigenvalue weighted by Gasteiger charge is -2.30. The Bertz CT molecular complexity index is 368. The van der Waals surface area contributed by atoms with Crippen molar-refractivity contribution < 1.29 is 9.90 Å². The predicted octanol–water partition coefficient (Wildman–Crippen LogP) is 2.34. The monoisotopic (exact) mass is 241 g/mol. The van der Waals surface area contributed by atoms with E-state index in [0.717, 1.165) is 19.4 Å². The number of benzene rings is 1. The Morgan fingerprint density at radius 3 is 2.88 bits per heavy atom. The zero-order valence-corrected chi connectivity index (χ0v) is 9.87. The number of aliphatic carboxylic acids is 1. The van der Waals surface area contributed by atoms with Crippen molar-refractivity contribution in [2.24, 2.45) is 0 Å². The van der Waals surface area contributed by atoms with Crippen molar-refractivity contribution in [3.05, 3.63) is 29.8 Å². The average molecular weight is 242 g/mol. The van der Waals surface area contributed by atoms with E-state index in [1.807, 2.05) is 12.1 Å². The number of aryl methyl sites for hydroxylation is 1. The predicted molar refractivity (Wildman–Crippen MR) is 66.5 cm³/mol. The molecule has 0 aromatic heterocycles. The van der Waals surface area contributed by atoms with Gasteiger partial charge in [0.1, 0.15) is 0 Å². The van der Waals surface area contributed by atoms with Crippen molar-refractivity contribution in [3.8, 4) is 0 Å². The summed E-state index contributed by atoms with van der Waals surface area (Å²) >= 11 is 0. The SMILES string of the molecule is Cl.O=C(O)CCN1CCCc2ccccc21. The molecule has 0 spiro atoms. The molecule has 1 N–H and O–H groups in total. The molecule has 1 aliphatic heterocycles. The number of halogens is 1. The molecule has 0 saturated heterocycles. The molecule has 0 radical (unpaired) electrons. The van der Waals surface area contributed by atoms with Gasteiger partial charge < -0.3 is 10.0 Å². The fraction of sp³-hybridized carbons (Fsp3) is 0.417. The fourth-order valence-electron chi connectivity index (χ4n) is 2.07. The van der Waals surface area contributed by atoms with Crippen LogP contribution in [-0.2, 0) is 11.2 Å². The number of fused-ring (bicyclic) bond motifs is 1. The summed E-state index contributed by atoms with van der Waals surface area (Å²) in [4.78, 5) is 12.7. The summed E-state index contributed by atoms with van der Waals surface area (Å²) in [5.41, 5.74) is 2.55. The molecule has 0 fully saturated rings. The molecule has 3 nitrogen and oxygen atoms in total. The van der Waals surface area contributed by atoms with Crippen LogP contribution in [0.25, 0.3) is 0 Å². The van der Waals surface area contributed by atoms with Gasteiger partial charge >= 0.3 is 5.97 Å². The number of para-hydroxylation sites is 1. The number of carboxylic acids is 1. The lowest BCUT2D eigenvalue weighted by molar-refractivity contribution is -0.136. The van der Waals surface area contributed by atoms with Crippen molar-refractivity contribution in [2.45, 2.75) is 19.3 Å². The van der Waals surface area contributed by atoms with E-state index in [-0.39, 0.29) is 18.8 Å². The van der Waals surface area contributed by atoms with Crippen molar-refractivity contribution in [2.75, 3.05) is 18.0 Å². The van der Waals surface area contributed by atoms with E-state index in [9.17, 15) is 4.79 Å². The Kier molecular flexibility index (Phi) is 4.62. The second kappa shape index (κ2) is 5.75. The molecule has 0 aliphatic carbocycles. The summed E-state index contributed by atoms with van der Waals surface area (Å²) in [5.74, 6) is -0.724. The molecule has 1 heterocycles. The maximum absolute atomic E-state index is 10.5. The van der Waals surface area contributed by atoms with Gasteiger partial charge in [0.15, 0.2) is 0 Å². The van der Waals surface area contributed by atoms with Crippen LogP contribution in [-0.4, -0.2) is 24.2 Å². The van der Waals surface area contributed by atoms with Crippen LogP contribution in [0.1, 0.15) is 18.4 Å². The van der Waals surface area contributed by atoms with Gasteiger partial charge in [-0.25, -0.2) is 0 Å². The Morgan fingerprint density at radius 2 is 2.12 bits per heavy atom. The summed E-state index contributed by atoms with van der Waals surface area (Å²) in [6.45, 7) is 1.59. The lowest BCUT2D eigenvalue weighted by atomic mass is 10.0. The minimum absolute atomic E-state index is 0. The Balaban J connectivity index is 0.00000128. The van der Waals surface area contributed by atoms with E-state index in [1.54, 1.807) is 0 Å². The number of hydrogen-bond donors (Lipinski definition) is 1. The van der Waals surface area contributed by atoms with E-state index < -0.39 is 5.97 Å². The van der Waals surface area contributed by atoms with Crippen LogP contribution in [0, 0.1) is 0 Å². The van der Waals surface area contributed by atoms with E-state index >= 15 is 0 Å². The van der Waals surface area contributed by atoms with Gasteiger partial charge in [-0.1, -0.05) is 18.2 Å². The molecule has 0 unspecified atom stereocenters.